The molecule has 3 N–H and O–H groups in total. The van der Waals surface area contributed by atoms with E-state index in [2.05, 4.69) is 16.0 Å². The number of benzene rings is 2. The van der Waals surface area contributed by atoms with Gasteiger partial charge in [-0.1, -0.05) is 11.6 Å². The molecule has 0 fully saturated rings. The third-order valence-corrected chi connectivity index (χ3v) is 5.30. The highest BCUT2D eigenvalue weighted by molar-refractivity contribution is 8.01. The molecule has 0 saturated heterocycles. The van der Waals surface area contributed by atoms with Crippen LogP contribution < -0.4 is 16.0 Å². The fourth-order valence-electron chi connectivity index (χ4n) is 2.49. The maximum absolute atomic E-state index is 12.3. The Kier molecular flexibility index (Phi) is 5.49. The van der Waals surface area contributed by atoms with E-state index in [-0.39, 0.29) is 24.1 Å². The van der Waals surface area contributed by atoms with Gasteiger partial charge in [-0.05, 0) is 42.5 Å². The average Bonchev–Trinajstić information content (AvgIpc) is 2.62. The topological polar surface area (TPSA) is 87.3 Å². The second kappa shape index (κ2) is 7.80. The molecule has 0 saturated carbocycles. The Morgan fingerprint density at radius 1 is 1.19 bits per heavy atom. The van der Waals surface area contributed by atoms with Crippen LogP contribution in [0.3, 0.4) is 0 Å². The summed E-state index contributed by atoms with van der Waals surface area (Å²) < 4.78 is 0. The summed E-state index contributed by atoms with van der Waals surface area (Å²) in [5, 5.41) is 8.07. The van der Waals surface area contributed by atoms with E-state index in [0.717, 1.165) is 4.90 Å². The fraction of sp³-hybridized carbons (Fsp3) is 0.167. The fourth-order valence-corrected chi connectivity index (χ4v) is 3.75. The van der Waals surface area contributed by atoms with Crippen molar-refractivity contribution in [2.45, 2.75) is 16.6 Å². The van der Waals surface area contributed by atoms with Gasteiger partial charge in [0.2, 0.25) is 11.8 Å². The molecule has 3 rings (SSSR count). The number of nitrogens with one attached hydrogen (secondary N) is 3. The molecule has 8 heteroatoms. The number of carbonyl (C=O) groups is 3. The van der Waals surface area contributed by atoms with Crippen LogP contribution in [0.15, 0.2) is 47.4 Å². The number of hydrogen-bond acceptors (Lipinski definition) is 4. The molecule has 0 bridgehead atoms. The zero-order valence-electron chi connectivity index (χ0n) is 13.8. The number of halogens is 1. The zero-order chi connectivity index (χ0) is 18.7. The molecule has 6 nitrogen and oxygen atoms in total. The van der Waals surface area contributed by atoms with Crippen molar-refractivity contribution in [2.24, 2.45) is 0 Å². The lowest BCUT2D eigenvalue weighted by Crippen LogP contribution is -2.32. The molecule has 0 spiro atoms. The van der Waals surface area contributed by atoms with Crippen molar-refractivity contribution in [1.29, 1.82) is 0 Å². The lowest BCUT2D eigenvalue weighted by molar-refractivity contribution is -0.120. The standard InChI is InChI=1S/C18H16ClN3O3S/c1-20-17(24)10-2-5-12(6-3-10)21-16(23)9-15-18(25)22-13-8-11(19)4-7-14(13)26-15/h2-8,15H,9H2,1H3,(H,20,24)(H,21,23)(H,22,25). The number of hydrogen-bond donors (Lipinski definition) is 3. The molecule has 3 amide bonds. The van der Waals surface area contributed by atoms with Crippen LogP contribution in [0.5, 0.6) is 0 Å². The van der Waals surface area contributed by atoms with Gasteiger partial charge in [0.1, 0.15) is 0 Å². The summed E-state index contributed by atoms with van der Waals surface area (Å²) >= 11 is 7.26. The molecular weight excluding hydrogens is 374 g/mol. The summed E-state index contributed by atoms with van der Waals surface area (Å²) in [7, 11) is 1.55. The second-order valence-electron chi connectivity index (χ2n) is 5.65. The second-order valence-corrected chi connectivity index (χ2v) is 7.33. The zero-order valence-corrected chi connectivity index (χ0v) is 15.4. The van der Waals surface area contributed by atoms with Gasteiger partial charge in [-0.25, -0.2) is 0 Å². The molecule has 1 unspecified atom stereocenters. The first-order valence-electron chi connectivity index (χ1n) is 7.85. The van der Waals surface area contributed by atoms with Gasteiger partial charge < -0.3 is 16.0 Å². The maximum Gasteiger partial charge on any atom is 0.251 e. The first-order valence-corrected chi connectivity index (χ1v) is 9.11. The molecule has 1 heterocycles. The quantitative estimate of drug-likeness (QED) is 0.749. The van der Waals surface area contributed by atoms with Crippen molar-refractivity contribution in [3.05, 3.63) is 53.1 Å². The van der Waals surface area contributed by atoms with Crippen LogP contribution in [0.2, 0.25) is 5.02 Å². The van der Waals surface area contributed by atoms with Crippen molar-refractivity contribution in [2.75, 3.05) is 17.7 Å². The Labute approximate surface area is 159 Å². The largest absolute Gasteiger partial charge is 0.355 e. The van der Waals surface area contributed by atoms with Crippen molar-refractivity contribution in [3.8, 4) is 0 Å². The highest BCUT2D eigenvalue weighted by Crippen LogP contribution is 2.38. The summed E-state index contributed by atoms with van der Waals surface area (Å²) in [6, 6.07) is 11.8. The van der Waals surface area contributed by atoms with E-state index in [1.807, 2.05) is 6.07 Å². The van der Waals surface area contributed by atoms with Gasteiger partial charge in [-0.2, -0.15) is 0 Å². The molecule has 0 radical (unpaired) electrons. The van der Waals surface area contributed by atoms with Gasteiger partial charge in [0.15, 0.2) is 0 Å². The van der Waals surface area contributed by atoms with Crippen molar-refractivity contribution < 1.29 is 14.4 Å². The monoisotopic (exact) mass is 389 g/mol. The maximum atomic E-state index is 12.3. The van der Waals surface area contributed by atoms with Crippen LogP contribution in [0.25, 0.3) is 0 Å². The van der Waals surface area contributed by atoms with Gasteiger partial charge in [0.05, 0.1) is 10.9 Å². The van der Waals surface area contributed by atoms with E-state index in [4.69, 9.17) is 11.6 Å². The first kappa shape index (κ1) is 18.3. The van der Waals surface area contributed by atoms with Crippen molar-refractivity contribution in [1.82, 2.24) is 5.32 Å². The van der Waals surface area contributed by atoms with Gasteiger partial charge >= 0.3 is 0 Å². The summed E-state index contributed by atoms with van der Waals surface area (Å²) in [6.45, 7) is 0. The van der Waals surface area contributed by atoms with E-state index in [9.17, 15) is 14.4 Å². The number of fused-ring (bicyclic) bond motifs is 1. The molecule has 0 aliphatic carbocycles. The van der Waals surface area contributed by atoms with E-state index < -0.39 is 5.25 Å². The highest BCUT2D eigenvalue weighted by atomic mass is 35.5. The van der Waals surface area contributed by atoms with E-state index in [0.29, 0.717) is 22.0 Å². The van der Waals surface area contributed by atoms with Crippen molar-refractivity contribution >= 4 is 52.5 Å². The molecular formula is C18H16ClN3O3S. The van der Waals surface area contributed by atoms with E-state index >= 15 is 0 Å². The molecule has 2 aromatic carbocycles. The normalized spacial score (nSPS) is 15.6. The minimum absolute atomic E-state index is 0.0375. The Hall–Kier alpha value is -2.51. The molecule has 26 heavy (non-hydrogen) atoms. The average molecular weight is 390 g/mol. The van der Waals surface area contributed by atoms with Crippen LogP contribution in [0.4, 0.5) is 11.4 Å². The SMILES string of the molecule is CNC(=O)c1ccc(NC(=O)CC2Sc3ccc(Cl)cc3NC2=O)cc1. The third kappa shape index (κ3) is 4.17. The summed E-state index contributed by atoms with van der Waals surface area (Å²) in [5.74, 6) is -0.699. The van der Waals surface area contributed by atoms with E-state index in [1.54, 1.807) is 43.4 Å². The van der Waals surface area contributed by atoms with Gasteiger partial charge in [0, 0.05) is 34.6 Å². The third-order valence-electron chi connectivity index (χ3n) is 3.79. The van der Waals surface area contributed by atoms with Crippen LogP contribution in [-0.4, -0.2) is 30.0 Å². The first-order chi connectivity index (χ1) is 12.5. The smallest absolute Gasteiger partial charge is 0.251 e. The lowest BCUT2D eigenvalue weighted by atomic mass is 10.2. The number of amides is 3. The molecule has 1 atom stereocenters. The summed E-state index contributed by atoms with van der Waals surface area (Å²) in [6.07, 6.45) is 0.0375. The van der Waals surface area contributed by atoms with Crippen LogP contribution >= 0.6 is 23.4 Å². The number of thioether (sulfide) groups is 1. The summed E-state index contributed by atoms with van der Waals surface area (Å²) in [5.41, 5.74) is 1.73. The number of anilines is 2. The van der Waals surface area contributed by atoms with Gasteiger partial charge in [0.25, 0.3) is 5.91 Å². The Balaban J connectivity index is 1.62. The minimum Gasteiger partial charge on any atom is -0.355 e. The minimum atomic E-state index is -0.520. The Morgan fingerprint density at radius 2 is 1.92 bits per heavy atom. The predicted molar refractivity (Wildman–Crippen MR) is 103 cm³/mol. The lowest BCUT2D eigenvalue weighted by Gasteiger charge is -2.23. The number of carbonyl (C=O) groups excluding carboxylic acids is 3. The van der Waals surface area contributed by atoms with Crippen molar-refractivity contribution in [3.63, 3.8) is 0 Å². The predicted octanol–water partition coefficient (Wildman–Crippen LogP) is 3.14. The molecule has 1 aliphatic heterocycles. The molecule has 2 aromatic rings. The Morgan fingerprint density at radius 3 is 2.62 bits per heavy atom. The Bertz CT molecular complexity index is 870. The molecule has 1 aliphatic rings. The van der Waals surface area contributed by atoms with Crippen LogP contribution in [0, 0.1) is 0 Å². The molecule has 0 aromatic heterocycles. The van der Waals surface area contributed by atoms with Gasteiger partial charge in [-0.15, -0.1) is 11.8 Å². The van der Waals surface area contributed by atoms with Gasteiger partial charge in [-0.3, -0.25) is 14.4 Å². The van der Waals surface area contributed by atoms with Crippen LogP contribution in [-0.2, 0) is 9.59 Å². The van der Waals surface area contributed by atoms with E-state index in [1.165, 1.54) is 11.8 Å². The highest BCUT2D eigenvalue weighted by Gasteiger charge is 2.29. The number of rotatable bonds is 4. The molecule has 134 valence electrons. The summed E-state index contributed by atoms with van der Waals surface area (Å²) in [4.78, 5) is 36.9. The van der Waals surface area contributed by atoms with Crippen LogP contribution in [0.1, 0.15) is 16.8 Å².